The van der Waals surface area contributed by atoms with Crippen molar-refractivity contribution < 1.29 is 4.74 Å². The summed E-state index contributed by atoms with van der Waals surface area (Å²) in [5, 5.41) is 14.3. The number of pyridine rings is 1. The van der Waals surface area contributed by atoms with Crippen LogP contribution in [0.3, 0.4) is 0 Å². The predicted molar refractivity (Wildman–Crippen MR) is 85.8 cm³/mol. The van der Waals surface area contributed by atoms with Gasteiger partial charge in [-0.05, 0) is 53.5 Å². The number of hydrogen-bond acceptors (Lipinski definition) is 5. The molecule has 3 aromatic rings. The van der Waals surface area contributed by atoms with E-state index in [1.807, 2.05) is 18.2 Å². The van der Waals surface area contributed by atoms with Gasteiger partial charge in [-0.15, -0.1) is 10.2 Å². The fourth-order valence-corrected chi connectivity index (χ4v) is 2.89. The molecule has 0 radical (unpaired) electrons. The van der Waals surface area contributed by atoms with Gasteiger partial charge in [-0.25, -0.2) is 0 Å². The number of tetrazole rings is 1. The summed E-state index contributed by atoms with van der Waals surface area (Å²) in [6.07, 6.45) is 5.70. The third-order valence-corrected chi connectivity index (χ3v) is 4.01. The maximum absolute atomic E-state index is 5.20. The normalized spacial score (nSPS) is 12.8. The van der Waals surface area contributed by atoms with Crippen molar-refractivity contribution in [1.29, 1.82) is 0 Å². The highest BCUT2D eigenvalue weighted by atomic mass is 16.5. The number of fused-ring (bicyclic) bond motifs is 1. The van der Waals surface area contributed by atoms with E-state index in [0.717, 1.165) is 35.4 Å². The smallest absolute Gasteiger partial charge is 0.205 e. The van der Waals surface area contributed by atoms with Gasteiger partial charge in [0.15, 0.2) is 0 Å². The lowest BCUT2D eigenvalue weighted by Gasteiger charge is -2.06. The first kappa shape index (κ1) is 13.6. The molecular formula is C17H15N5O. The Morgan fingerprint density at radius 2 is 2.04 bits per heavy atom. The van der Waals surface area contributed by atoms with Crippen molar-refractivity contribution in [3.63, 3.8) is 0 Å². The van der Waals surface area contributed by atoms with Gasteiger partial charge < -0.3 is 4.74 Å². The van der Waals surface area contributed by atoms with Gasteiger partial charge in [0.2, 0.25) is 5.82 Å². The number of allylic oxidation sites excluding steroid dienone is 1. The van der Waals surface area contributed by atoms with Crippen LogP contribution in [-0.2, 0) is 12.8 Å². The van der Waals surface area contributed by atoms with Crippen molar-refractivity contribution >= 4 is 6.08 Å². The molecule has 1 N–H and O–H groups in total. The summed E-state index contributed by atoms with van der Waals surface area (Å²) >= 11 is 0. The fraction of sp³-hybridized carbons (Fsp3) is 0.176. The minimum Gasteiger partial charge on any atom is -0.497 e. The van der Waals surface area contributed by atoms with E-state index >= 15 is 0 Å². The molecule has 0 aliphatic heterocycles. The molecule has 2 aromatic heterocycles. The van der Waals surface area contributed by atoms with Gasteiger partial charge in [0.1, 0.15) is 5.75 Å². The summed E-state index contributed by atoms with van der Waals surface area (Å²) in [5.41, 5.74) is 5.73. The molecular weight excluding hydrogens is 290 g/mol. The summed E-state index contributed by atoms with van der Waals surface area (Å²) in [7, 11) is 1.68. The van der Waals surface area contributed by atoms with Crippen molar-refractivity contribution in [3.8, 4) is 17.1 Å². The number of H-pyrrole nitrogens is 1. The minimum absolute atomic E-state index is 0.614. The van der Waals surface area contributed by atoms with E-state index in [1.165, 1.54) is 11.1 Å². The lowest BCUT2D eigenvalue weighted by Crippen LogP contribution is -1.95. The molecule has 114 valence electrons. The van der Waals surface area contributed by atoms with Crippen LogP contribution in [0.15, 0.2) is 42.1 Å². The third-order valence-electron chi connectivity index (χ3n) is 4.01. The van der Waals surface area contributed by atoms with Crippen molar-refractivity contribution in [1.82, 2.24) is 25.6 Å². The Morgan fingerprint density at radius 1 is 1.17 bits per heavy atom. The Balaban J connectivity index is 1.58. The maximum Gasteiger partial charge on any atom is 0.205 e. The molecule has 0 unspecified atom stereocenters. The topological polar surface area (TPSA) is 76.6 Å². The van der Waals surface area contributed by atoms with Crippen LogP contribution in [0.4, 0.5) is 0 Å². The number of methoxy groups -OCH3 is 1. The van der Waals surface area contributed by atoms with Gasteiger partial charge >= 0.3 is 0 Å². The van der Waals surface area contributed by atoms with E-state index in [1.54, 1.807) is 13.3 Å². The Morgan fingerprint density at radius 3 is 2.78 bits per heavy atom. The largest absolute Gasteiger partial charge is 0.497 e. The highest BCUT2D eigenvalue weighted by Gasteiger charge is 2.20. The van der Waals surface area contributed by atoms with Crippen molar-refractivity contribution in [2.24, 2.45) is 0 Å². The molecule has 0 atom stereocenters. The number of rotatable bonds is 4. The number of aromatic nitrogens is 5. The third kappa shape index (κ3) is 2.59. The zero-order chi connectivity index (χ0) is 15.6. The van der Waals surface area contributed by atoms with Crippen LogP contribution in [0.25, 0.3) is 17.5 Å². The Bertz CT molecular complexity index is 853. The number of nitrogens with one attached hydrogen (secondary N) is 1. The molecule has 0 fully saturated rings. The minimum atomic E-state index is 0.614. The van der Waals surface area contributed by atoms with E-state index < -0.39 is 0 Å². The number of hydrogen-bond donors (Lipinski definition) is 1. The average Bonchev–Trinajstić information content (AvgIpc) is 3.24. The zero-order valence-electron chi connectivity index (χ0n) is 12.7. The molecule has 6 nitrogen and oxygen atoms in total. The molecule has 4 rings (SSSR count). The van der Waals surface area contributed by atoms with Crippen LogP contribution in [0.5, 0.6) is 5.75 Å². The number of ether oxygens (including phenoxy) is 1. The predicted octanol–water partition coefficient (Wildman–Crippen LogP) is 2.45. The summed E-state index contributed by atoms with van der Waals surface area (Å²) in [6, 6.07) is 10.1. The maximum atomic E-state index is 5.20. The second-order valence-corrected chi connectivity index (χ2v) is 5.46. The van der Waals surface area contributed by atoms with Crippen LogP contribution in [0.1, 0.15) is 16.8 Å². The molecule has 0 spiro atoms. The van der Waals surface area contributed by atoms with Crippen LogP contribution in [0.2, 0.25) is 0 Å². The molecule has 0 saturated carbocycles. The first-order chi connectivity index (χ1) is 11.3. The van der Waals surface area contributed by atoms with Crippen molar-refractivity contribution in [2.45, 2.75) is 12.8 Å². The molecule has 1 aromatic carbocycles. The second-order valence-electron chi connectivity index (χ2n) is 5.46. The van der Waals surface area contributed by atoms with Gasteiger partial charge in [-0.3, -0.25) is 4.98 Å². The molecule has 1 aliphatic rings. The molecule has 6 heteroatoms. The van der Waals surface area contributed by atoms with Crippen LogP contribution < -0.4 is 4.74 Å². The lowest BCUT2D eigenvalue weighted by atomic mass is 10.0. The average molecular weight is 305 g/mol. The molecule has 0 bridgehead atoms. The Hall–Kier alpha value is -3.02. The SMILES string of the molecule is COc1ccc(CC2=Cc3nccc(-c4nn[nH]n4)c3C2)cc1. The molecule has 23 heavy (non-hydrogen) atoms. The highest BCUT2D eigenvalue weighted by Crippen LogP contribution is 2.32. The summed E-state index contributed by atoms with van der Waals surface area (Å²) in [6.45, 7) is 0. The van der Waals surface area contributed by atoms with Crippen molar-refractivity contribution in [2.75, 3.05) is 7.11 Å². The molecule has 1 aliphatic carbocycles. The van der Waals surface area contributed by atoms with Crippen LogP contribution in [-0.4, -0.2) is 32.7 Å². The first-order valence-corrected chi connectivity index (χ1v) is 7.37. The Labute approximate surface area is 133 Å². The number of benzene rings is 1. The molecule has 0 saturated heterocycles. The molecule has 0 amide bonds. The van der Waals surface area contributed by atoms with Gasteiger partial charge in [0.25, 0.3) is 0 Å². The fourth-order valence-electron chi connectivity index (χ4n) is 2.89. The zero-order valence-corrected chi connectivity index (χ0v) is 12.7. The van der Waals surface area contributed by atoms with Crippen LogP contribution in [0, 0.1) is 0 Å². The number of nitrogens with zero attached hydrogens (tertiary/aromatic N) is 4. The van der Waals surface area contributed by atoms with Crippen molar-refractivity contribution in [3.05, 3.63) is 58.9 Å². The lowest BCUT2D eigenvalue weighted by molar-refractivity contribution is 0.414. The second kappa shape index (κ2) is 5.64. The van der Waals surface area contributed by atoms with E-state index in [9.17, 15) is 0 Å². The van der Waals surface area contributed by atoms with Gasteiger partial charge in [-0.2, -0.15) is 5.21 Å². The summed E-state index contributed by atoms with van der Waals surface area (Å²) < 4.78 is 5.20. The van der Waals surface area contributed by atoms with Gasteiger partial charge in [0, 0.05) is 11.8 Å². The monoisotopic (exact) mass is 305 g/mol. The van der Waals surface area contributed by atoms with Gasteiger partial charge in [-0.1, -0.05) is 17.7 Å². The summed E-state index contributed by atoms with van der Waals surface area (Å²) in [5.74, 6) is 1.49. The van der Waals surface area contributed by atoms with E-state index in [0.29, 0.717) is 5.82 Å². The van der Waals surface area contributed by atoms with E-state index in [-0.39, 0.29) is 0 Å². The standard InChI is InChI=1S/C17H15N5O/c1-23-13-4-2-11(3-5-13)8-12-9-15-14(17-19-21-22-20-17)6-7-18-16(15)10-12/h2-7,10H,8-9H2,1H3,(H,19,20,21,22). The molecule has 2 heterocycles. The van der Waals surface area contributed by atoms with E-state index in [4.69, 9.17) is 4.74 Å². The Kier molecular flexibility index (Phi) is 3.34. The van der Waals surface area contributed by atoms with Crippen LogP contribution >= 0.6 is 0 Å². The first-order valence-electron chi connectivity index (χ1n) is 7.37. The number of aromatic amines is 1. The highest BCUT2D eigenvalue weighted by molar-refractivity contribution is 5.72. The van der Waals surface area contributed by atoms with E-state index in [2.05, 4.69) is 43.8 Å². The quantitative estimate of drug-likeness (QED) is 0.801. The summed E-state index contributed by atoms with van der Waals surface area (Å²) in [4.78, 5) is 4.47. The van der Waals surface area contributed by atoms with Gasteiger partial charge in [0.05, 0.1) is 12.8 Å².